The average Bonchev–Trinajstić information content (AvgIpc) is 2.68. The highest BCUT2D eigenvalue weighted by atomic mass is 16.3. The van der Waals surface area contributed by atoms with Gasteiger partial charge in [0.1, 0.15) is 5.69 Å². The summed E-state index contributed by atoms with van der Waals surface area (Å²) in [6.07, 6.45) is 3.11. The van der Waals surface area contributed by atoms with Crippen LogP contribution in [0.15, 0.2) is 6.20 Å². The lowest BCUT2D eigenvalue weighted by Gasteiger charge is -2.39. The Balaban J connectivity index is 1.66. The minimum atomic E-state index is -0.0226. The van der Waals surface area contributed by atoms with E-state index in [0.29, 0.717) is 11.6 Å². The second-order valence-corrected chi connectivity index (χ2v) is 5.40. The third-order valence-corrected chi connectivity index (χ3v) is 3.25. The van der Waals surface area contributed by atoms with E-state index in [1.54, 1.807) is 0 Å². The van der Waals surface area contributed by atoms with E-state index in [9.17, 15) is 0 Å². The van der Waals surface area contributed by atoms with Crippen molar-refractivity contribution < 1.29 is 5.11 Å². The van der Waals surface area contributed by atoms with Gasteiger partial charge in [-0.1, -0.05) is 19.1 Å². The summed E-state index contributed by atoms with van der Waals surface area (Å²) in [5, 5.41) is 16.8. The molecule has 1 aliphatic rings. The molecule has 1 aliphatic heterocycles. The summed E-state index contributed by atoms with van der Waals surface area (Å²) in [4.78, 5) is 2.49. The maximum Gasteiger partial charge on any atom is 0.108 e. The zero-order chi connectivity index (χ0) is 12.3. The average molecular weight is 238 g/mol. The van der Waals surface area contributed by atoms with Crippen LogP contribution in [-0.2, 0) is 13.2 Å². The quantitative estimate of drug-likeness (QED) is 0.794. The number of aliphatic hydroxyl groups excluding tert-OH is 1. The zero-order valence-corrected chi connectivity index (χ0v) is 10.7. The fourth-order valence-electron chi connectivity index (χ4n) is 2.18. The second-order valence-electron chi connectivity index (χ2n) is 5.40. The maximum absolute atomic E-state index is 8.90. The van der Waals surface area contributed by atoms with Gasteiger partial charge in [-0.25, -0.2) is 0 Å². The van der Waals surface area contributed by atoms with Crippen molar-refractivity contribution in [2.45, 2.75) is 33.4 Å². The number of aliphatic hydroxyl groups is 1. The number of hydrogen-bond acceptors (Lipinski definition) is 4. The van der Waals surface area contributed by atoms with E-state index in [0.717, 1.165) is 12.5 Å². The molecule has 5 nitrogen and oxygen atoms in total. The Morgan fingerprint density at radius 3 is 2.82 bits per heavy atom. The van der Waals surface area contributed by atoms with Crippen LogP contribution < -0.4 is 0 Å². The lowest BCUT2D eigenvalue weighted by atomic mass is 9.99. The van der Waals surface area contributed by atoms with Crippen molar-refractivity contribution in [2.75, 3.05) is 19.6 Å². The lowest BCUT2D eigenvalue weighted by Crippen LogP contribution is -2.48. The zero-order valence-electron chi connectivity index (χ0n) is 10.7. The molecule has 0 saturated carbocycles. The summed E-state index contributed by atoms with van der Waals surface area (Å²) in [5.41, 5.74) is 0.654. The van der Waals surface area contributed by atoms with E-state index in [4.69, 9.17) is 5.11 Å². The van der Waals surface area contributed by atoms with Crippen LogP contribution in [0.25, 0.3) is 0 Å². The molecule has 17 heavy (non-hydrogen) atoms. The van der Waals surface area contributed by atoms with Gasteiger partial charge >= 0.3 is 0 Å². The molecule has 1 N–H and O–H groups in total. The van der Waals surface area contributed by atoms with Gasteiger partial charge in [-0.3, -0.25) is 4.68 Å². The topological polar surface area (TPSA) is 54.2 Å². The van der Waals surface area contributed by atoms with Crippen molar-refractivity contribution in [1.82, 2.24) is 19.9 Å². The van der Waals surface area contributed by atoms with Gasteiger partial charge in [0.15, 0.2) is 0 Å². The van der Waals surface area contributed by atoms with Gasteiger partial charge in [-0.2, -0.15) is 0 Å². The molecular weight excluding hydrogens is 216 g/mol. The smallest absolute Gasteiger partial charge is 0.108 e. The molecule has 5 heteroatoms. The van der Waals surface area contributed by atoms with Crippen LogP contribution in [-0.4, -0.2) is 44.6 Å². The lowest BCUT2D eigenvalue weighted by molar-refractivity contribution is 0.0801. The minimum Gasteiger partial charge on any atom is -0.390 e. The first kappa shape index (κ1) is 12.5. The van der Waals surface area contributed by atoms with Crippen LogP contribution in [0.4, 0.5) is 0 Å². The van der Waals surface area contributed by atoms with Crippen molar-refractivity contribution in [3.63, 3.8) is 0 Å². The summed E-state index contributed by atoms with van der Waals surface area (Å²) in [6.45, 7) is 8.98. The Bertz CT molecular complexity index is 344. The first-order valence-corrected chi connectivity index (χ1v) is 6.39. The molecule has 2 heterocycles. The number of hydrogen-bond donors (Lipinski definition) is 1. The van der Waals surface area contributed by atoms with Crippen molar-refractivity contribution in [3.05, 3.63) is 11.9 Å². The molecule has 0 bridgehead atoms. The van der Waals surface area contributed by atoms with Crippen molar-refractivity contribution in [2.24, 2.45) is 11.8 Å². The molecule has 1 saturated heterocycles. The third kappa shape index (κ3) is 3.51. The van der Waals surface area contributed by atoms with Gasteiger partial charge < -0.3 is 10.0 Å². The maximum atomic E-state index is 8.90. The predicted octanol–water partition coefficient (Wildman–Crippen LogP) is 0.748. The normalized spacial score (nSPS) is 17.6. The monoisotopic (exact) mass is 238 g/mol. The highest BCUT2D eigenvalue weighted by Crippen LogP contribution is 2.18. The van der Waals surface area contributed by atoms with E-state index in [1.807, 2.05) is 10.9 Å². The van der Waals surface area contributed by atoms with Crippen molar-refractivity contribution in [3.8, 4) is 0 Å². The number of rotatable bonds is 6. The Morgan fingerprint density at radius 2 is 2.24 bits per heavy atom. The second kappa shape index (κ2) is 5.60. The van der Waals surface area contributed by atoms with Gasteiger partial charge in [-0.05, 0) is 18.9 Å². The van der Waals surface area contributed by atoms with Gasteiger partial charge in [-0.15, -0.1) is 5.10 Å². The molecule has 2 rings (SSSR count). The minimum absolute atomic E-state index is 0.0226. The van der Waals surface area contributed by atoms with Gasteiger partial charge in [0.05, 0.1) is 12.8 Å². The Hall–Kier alpha value is -0.940. The van der Waals surface area contributed by atoms with E-state index >= 15 is 0 Å². The Morgan fingerprint density at radius 1 is 1.47 bits per heavy atom. The molecule has 0 spiro atoms. The molecule has 0 radical (unpaired) electrons. The molecule has 1 aromatic heterocycles. The predicted molar refractivity (Wildman–Crippen MR) is 65.3 cm³/mol. The van der Waals surface area contributed by atoms with Crippen LogP contribution in [0.5, 0.6) is 0 Å². The van der Waals surface area contributed by atoms with Crippen LogP contribution in [0.2, 0.25) is 0 Å². The highest BCUT2D eigenvalue weighted by Gasteiger charge is 2.26. The summed E-state index contributed by atoms with van der Waals surface area (Å²) < 4.78 is 1.84. The summed E-state index contributed by atoms with van der Waals surface area (Å²) >= 11 is 0. The van der Waals surface area contributed by atoms with E-state index in [1.165, 1.54) is 26.1 Å². The first-order chi connectivity index (χ1) is 8.17. The fourth-order valence-corrected chi connectivity index (χ4v) is 2.18. The van der Waals surface area contributed by atoms with Crippen LogP contribution in [0.3, 0.4) is 0 Å². The largest absolute Gasteiger partial charge is 0.390 e. The fraction of sp³-hybridized carbons (Fsp3) is 0.833. The molecule has 0 unspecified atom stereocenters. The first-order valence-electron chi connectivity index (χ1n) is 6.39. The molecule has 1 fully saturated rings. The summed E-state index contributed by atoms with van der Waals surface area (Å²) in [7, 11) is 0. The van der Waals surface area contributed by atoms with E-state index in [-0.39, 0.29) is 6.61 Å². The van der Waals surface area contributed by atoms with Crippen LogP contribution in [0.1, 0.15) is 26.0 Å². The third-order valence-electron chi connectivity index (χ3n) is 3.25. The number of nitrogens with zero attached hydrogens (tertiary/aromatic N) is 4. The molecule has 0 aromatic carbocycles. The van der Waals surface area contributed by atoms with E-state index in [2.05, 4.69) is 29.1 Å². The Kier molecular flexibility index (Phi) is 4.12. The molecule has 1 aromatic rings. The van der Waals surface area contributed by atoms with E-state index < -0.39 is 0 Å². The number of aromatic nitrogens is 3. The molecule has 0 amide bonds. The standard InChI is InChI=1S/C12H22N4O/c1-10(2)3-4-15-5-11(6-15)7-16-8-12(9-17)13-14-16/h8,10-11,17H,3-7,9H2,1-2H3. The molecule has 0 atom stereocenters. The van der Waals surface area contributed by atoms with Crippen LogP contribution >= 0.6 is 0 Å². The summed E-state index contributed by atoms with van der Waals surface area (Å²) in [6, 6.07) is 0. The van der Waals surface area contributed by atoms with Crippen LogP contribution in [0, 0.1) is 11.8 Å². The molecule has 96 valence electrons. The van der Waals surface area contributed by atoms with Crippen molar-refractivity contribution >= 4 is 0 Å². The van der Waals surface area contributed by atoms with Gasteiger partial charge in [0.25, 0.3) is 0 Å². The molecular formula is C12H22N4O. The van der Waals surface area contributed by atoms with Crippen molar-refractivity contribution in [1.29, 1.82) is 0 Å². The SMILES string of the molecule is CC(C)CCN1CC(Cn2cc(CO)nn2)C1. The highest BCUT2D eigenvalue weighted by molar-refractivity contribution is 4.90. The van der Waals surface area contributed by atoms with Gasteiger partial charge in [0, 0.05) is 25.6 Å². The van der Waals surface area contributed by atoms with Gasteiger partial charge in [0.2, 0.25) is 0 Å². The summed E-state index contributed by atoms with van der Waals surface area (Å²) in [5.74, 6) is 1.48. The molecule has 0 aliphatic carbocycles. The Labute approximate surface area is 102 Å². The number of likely N-dealkylation sites (tertiary alicyclic amines) is 1.